The van der Waals surface area contributed by atoms with Gasteiger partial charge in [-0.3, -0.25) is 9.59 Å². The third-order valence-electron chi connectivity index (χ3n) is 4.45. The van der Waals surface area contributed by atoms with Crippen molar-refractivity contribution in [2.75, 3.05) is 32.2 Å². The molecule has 3 rings (SSSR count). The summed E-state index contributed by atoms with van der Waals surface area (Å²) >= 11 is 0. The number of hydrogen-bond acceptors (Lipinski definition) is 5. The second-order valence-corrected chi connectivity index (χ2v) is 6.61. The van der Waals surface area contributed by atoms with E-state index in [4.69, 9.17) is 14.2 Å². The van der Waals surface area contributed by atoms with E-state index < -0.39 is 0 Å². The summed E-state index contributed by atoms with van der Waals surface area (Å²) in [6.45, 7) is 4.64. The molecule has 7 nitrogen and oxygen atoms in total. The smallest absolute Gasteiger partial charge is 0.244 e. The van der Waals surface area contributed by atoms with Gasteiger partial charge in [-0.2, -0.15) is 0 Å². The summed E-state index contributed by atoms with van der Waals surface area (Å²) in [5.41, 5.74) is 3.43. The molecule has 2 amide bonds. The third-order valence-corrected chi connectivity index (χ3v) is 4.45. The van der Waals surface area contributed by atoms with Crippen LogP contribution in [0.1, 0.15) is 16.7 Å². The SMILES string of the molecule is COc1cc(/C=C/C(=O)NCC(=O)Nc2c(C)cccc2C)cc2c1OCCO2. The van der Waals surface area contributed by atoms with E-state index in [-0.39, 0.29) is 18.4 Å². The molecule has 0 spiro atoms. The fourth-order valence-corrected chi connectivity index (χ4v) is 2.98. The minimum Gasteiger partial charge on any atom is -0.493 e. The van der Waals surface area contributed by atoms with E-state index in [9.17, 15) is 9.59 Å². The van der Waals surface area contributed by atoms with Gasteiger partial charge < -0.3 is 24.8 Å². The van der Waals surface area contributed by atoms with Crippen molar-refractivity contribution >= 4 is 23.6 Å². The number of carbonyl (C=O) groups excluding carboxylic acids is 2. The molecule has 0 unspecified atom stereocenters. The molecule has 0 saturated carbocycles. The van der Waals surface area contributed by atoms with Crippen molar-refractivity contribution in [3.8, 4) is 17.2 Å². The Kier molecular flexibility index (Phi) is 6.39. The van der Waals surface area contributed by atoms with Gasteiger partial charge in [0.15, 0.2) is 11.5 Å². The Balaban J connectivity index is 1.58. The summed E-state index contributed by atoms with van der Waals surface area (Å²) in [7, 11) is 1.54. The average molecular weight is 396 g/mol. The first-order chi connectivity index (χ1) is 14.0. The molecule has 0 saturated heterocycles. The molecule has 1 aliphatic rings. The molecule has 152 valence electrons. The first kappa shape index (κ1) is 20.3. The fourth-order valence-electron chi connectivity index (χ4n) is 2.98. The van der Waals surface area contributed by atoms with Crippen molar-refractivity contribution < 1.29 is 23.8 Å². The molecule has 2 N–H and O–H groups in total. The Bertz CT molecular complexity index is 915. The van der Waals surface area contributed by atoms with Gasteiger partial charge in [0.25, 0.3) is 0 Å². The number of aryl methyl sites for hydroxylation is 2. The monoisotopic (exact) mass is 396 g/mol. The van der Waals surface area contributed by atoms with Gasteiger partial charge in [-0.25, -0.2) is 0 Å². The van der Waals surface area contributed by atoms with Crippen LogP contribution in [0.5, 0.6) is 17.2 Å². The number of anilines is 1. The van der Waals surface area contributed by atoms with Crippen LogP contribution in [0.3, 0.4) is 0 Å². The maximum atomic E-state index is 12.1. The maximum absolute atomic E-state index is 12.1. The molecular formula is C22H24N2O5. The highest BCUT2D eigenvalue weighted by Gasteiger charge is 2.17. The lowest BCUT2D eigenvalue weighted by atomic mass is 10.1. The lowest BCUT2D eigenvalue weighted by Crippen LogP contribution is -2.32. The molecular weight excluding hydrogens is 372 g/mol. The highest BCUT2D eigenvalue weighted by atomic mass is 16.6. The van der Waals surface area contributed by atoms with Gasteiger partial charge in [-0.1, -0.05) is 18.2 Å². The van der Waals surface area contributed by atoms with Crippen LogP contribution in [-0.2, 0) is 9.59 Å². The van der Waals surface area contributed by atoms with E-state index in [1.807, 2.05) is 32.0 Å². The standard InChI is InChI=1S/C22H24N2O5/c1-14-5-4-6-15(2)21(14)24-20(26)13-23-19(25)8-7-16-11-17(27-3)22-18(12-16)28-9-10-29-22/h4-8,11-12H,9-10,13H2,1-3H3,(H,23,25)(H,24,26)/b8-7+. The lowest BCUT2D eigenvalue weighted by Gasteiger charge is -2.20. The van der Waals surface area contributed by atoms with Crippen LogP contribution in [-0.4, -0.2) is 38.7 Å². The zero-order chi connectivity index (χ0) is 20.8. The Morgan fingerprint density at radius 3 is 2.59 bits per heavy atom. The van der Waals surface area contributed by atoms with Crippen LogP contribution < -0.4 is 24.8 Å². The highest BCUT2D eigenvalue weighted by Crippen LogP contribution is 2.40. The highest BCUT2D eigenvalue weighted by molar-refractivity contribution is 5.98. The number of methoxy groups -OCH3 is 1. The molecule has 1 aliphatic heterocycles. The van der Waals surface area contributed by atoms with Crippen LogP contribution in [0.2, 0.25) is 0 Å². The molecule has 2 aromatic rings. The largest absolute Gasteiger partial charge is 0.493 e. The summed E-state index contributed by atoms with van der Waals surface area (Å²) in [6.07, 6.45) is 2.98. The Morgan fingerprint density at radius 1 is 1.14 bits per heavy atom. The molecule has 0 radical (unpaired) electrons. The van der Waals surface area contributed by atoms with E-state index in [2.05, 4.69) is 10.6 Å². The number of amides is 2. The zero-order valence-electron chi connectivity index (χ0n) is 16.7. The van der Waals surface area contributed by atoms with Crippen molar-refractivity contribution in [1.29, 1.82) is 0 Å². The first-order valence-electron chi connectivity index (χ1n) is 9.27. The summed E-state index contributed by atoms with van der Waals surface area (Å²) in [5, 5.41) is 5.41. The minimum atomic E-state index is -0.379. The third kappa shape index (κ3) is 5.07. The topological polar surface area (TPSA) is 85.9 Å². The van der Waals surface area contributed by atoms with Crippen LogP contribution in [0.25, 0.3) is 6.08 Å². The lowest BCUT2D eigenvalue weighted by molar-refractivity contribution is -0.121. The maximum Gasteiger partial charge on any atom is 0.244 e. The summed E-state index contributed by atoms with van der Waals surface area (Å²) in [4.78, 5) is 24.2. The van der Waals surface area contributed by atoms with Crippen LogP contribution >= 0.6 is 0 Å². The van der Waals surface area contributed by atoms with Crippen LogP contribution in [0.4, 0.5) is 5.69 Å². The number of para-hydroxylation sites is 1. The Hall–Kier alpha value is -3.48. The number of fused-ring (bicyclic) bond motifs is 1. The number of hydrogen-bond donors (Lipinski definition) is 2. The molecule has 0 bridgehead atoms. The molecule has 29 heavy (non-hydrogen) atoms. The first-order valence-corrected chi connectivity index (χ1v) is 9.27. The van der Waals surface area contributed by atoms with Crippen molar-refractivity contribution in [3.05, 3.63) is 53.1 Å². The van der Waals surface area contributed by atoms with Gasteiger partial charge in [-0.15, -0.1) is 0 Å². The molecule has 2 aromatic carbocycles. The second-order valence-electron chi connectivity index (χ2n) is 6.61. The molecule has 7 heteroatoms. The number of ether oxygens (including phenoxy) is 3. The van der Waals surface area contributed by atoms with Gasteiger partial charge in [-0.05, 0) is 48.7 Å². The predicted octanol–water partition coefficient (Wildman–Crippen LogP) is 2.85. The van der Waals surface area contributed by atoms with Crippen molar-refractivity contribution in [2.24, 2.45) is 0 Å². The normalized spacial score (nSPS) is 12.5. The number of carbonyl (C=O) groups is 2. The van der Waals surface area contributed by atoms with E-state index in [1.165, 1.54) is 6.08 Å². The molecule has 0 atom stereocenters. The number of nitrogens with one attached hydrogen (secondary N) is 2. The van der Waals surface area contributed by atoms with Crippen LogP contribution in [0.15, 0.2) is 36.4 Å². The van der Waals surface area contributed by atoms with Gasteiger partial charge in [0, 0.05) is 11.8 Å². The number of rotatable bonds is 6. The van der Waals surface area contributed by atoms with Gasteiger partial charge in [0.2, 0.25) is 17.6 Å². The molecule has 1 heterocycles. The summed E-state index contributed by atoms with van der Waals surface area (Å²) < 4.78 is 16.5. The van der Waals surface area contributed by atoms with Gasteiger partial charge in [0.05, 0.1) is 13.7 Å². The minimum absolute atomic E-state index is 0.124. The van der Waals surface area contributed by atoms with Gasteiger partial charge >= 0.3 is 0 Å². The Labute approximate surface area is 169 Å². The van der Waals surface area contributed by atoms with Gasteiger partial charge in [0.1, 0.15) is 13.2 Å². The van der Waals surface area contributed by atoms with E-state index >= 15 is 0 Å². The quantitative estimate of drug-likeness (QED) is 0.734. The van der Waals surface area contributed by atoms with Crippen LogP contribution in [0, 0.1) is 13.8 Å². The van der Waals surface area contributed by atoms with Crippen molar-refractivity contribution in [3.63, 3.8) is 0 Å². The van der Waals surface area contributed by atoms with E-state index in [1.54, 1.807) is 25.3 Å². The predicted molar refractivity (Wildman–Crippen MR) is 111 cm³/mol. The summed E-state index contributed by atoms with van der Waals surface area (Å²) in [6, 6.07) is 9.30. The fraction of sp³-hybridized carbons (Fsp3) is 0.273. The molecule has 0 aliphatic carbocycles. The average Bonchev–Trinajstić information content (AvgIpc) is 2.72. The molecule has 0 fully saturated rings. The second kappa shape index (κ2) is 9.14. The van der Waals surface area contributed by atoms with E-state index in [0.717, 1.165) is 22.4 Å². The van der Waals surface area contributed by atoms with Crippen molar-refractivity contribution in [2.45, 2.75) is 13.8 Å². The summed E-state index contributed by atoms with van der Waals surface area (Å²) in [5.74, 6) is 1.00. The number of benzene rings is 2. The Morgan fingerprint density at radius 2 is 1.86 bits per heavy atom. The zero-order valence-corrected chi connectivity index (χ0v) is 16.7. The van der Waals surface area contributed by atoms with Crippen molar-refractivity contribution in [1.82, 2.24) is 5.32 Å². The van der Waals surface area contributed by atoms with E-state index in [0.29, 0.717) is 30.5 Å². The molecule has 0 aromatic heterocycles.